The van der Waals surface area contributed by atoms with Crippen LogP contribution >= 0.6 is 0 Å². The Morgan fingerprint density at radius 1 is 1.57 bits per heavy atom. The highest BCUT2D eigenvalue weighted by Crippen LogP contribution is 1.97. The van der Waals surface area contributed by atoms with E-state index in [0.29, 0.717) is 0 Å². The zero-order chi connectivity index (χ0) is 5.91. The Kier molecular flexibility index (Phi) is 2.22. The summed E-state index contributed by atoms with van der Waals surface area (Å²) >= 11 is 0. The van der Waals surface area contributed by atoms with Crippen molar-refractivity contribution in [3.8, 4) is 0 Å². The van der Waals surface area contributed by atoms with Crippen LogP contribution < -0.4 is 5.32 Å². The minimum absolute atomic E-state index is 0.240. The lowest BCUT2D eigenvalue weighted by Crippen LogP contribution is -2.36. The standard InChI is InChI=1S/C4H10NO2/c1-3-4(6,7)5-2/h6-7H,3H2,1-2H3. The molecule has 0 fully saturated rings. The predicted octanol–water partition coefficient (Wildman–Crippen LogP) is -0.731. The third-order valence-corrected chi connectivity index (χ3v) is 0.832. The van der Waals surface area contributed by atoms with Gasteiger partial charge in [0.15, 0.2) is 0 Å². The first-order chi connectivity index (χ1) is 3.12. The summed E-state index contributed by atoms with van der Waals surface area (Å²) in [7, 11) is 1.36. The molecular formula is C4H10NO2. The maximum Gasteiger partial charge on any atom is 0.237 e. The molecule has 2 N–H and O–H groups in total. The Morgan fingerprint density at radius 3 is 2.00 bits per heavy atom. The summed E-state index contributed by atoms with van der Waals surface area (Å²) in [4.78, 5) is 0. The number of hydrogen-bond acceptors (Lipinski definition) is 2. The third kappa shape index (κ3) is 2.56. The monoisotopic (exact) mass is 104 g/mol. The first-order valence-corrected chi connectivity index (χ1v) is 2.18. The summed E-state index contributed by atoms with van der Waals surface area (Å²) < 4.78 is 0. The Balaban J connectivity index is 3.36. The number of hydrogen-bond donors (Lipinski definition) is 2. The molecule has 0 spiro atoms. The molecule has 7 heavy (non-hydrogen) atoms. The largest absolute Gasteiger partial charge is 0.352 e. The summed E-state index contributed by atoms with van der Waals surface area (Å²) in [5.74, 6) is -1.79. The van der Waals surface area contributed by atoms with E-state index in [2.05, 4.69) is 5.32 Å². The molecule has 0 atom stereocenters. The van der Waals surface area contributed by atoms with Crippen LogP contribution in [0.5, 0.6) is 0 Å². The highest BCUT2D eigenvalue weighted by molar-refractivity contribution is 4.50. The molecule has 0 unspecified atom stereocenters. The van der Waals surface area contributed by atoms with E-state index in [1.807, 2.05) is 0 Å². The van der Waals surface area contributed by atoms with Gasteiger partial charge in [-0.25, -0.2) is 0 Å². The van der Waals surface area contributed by atoms with Gasteiger partial charge in [-0.3, -0.25) is 0 Å². The van der Waals surface area contributed by atoms with Crippen molar-refractivity contribution >= 4 is 0 Å². The van der Waals surface area contributed by atoms with E-state index < -0.39 is 5.91 Å². The molecule has 0 aliphatic rings. The topological polar surface area (TPSA) is 54.6 Å². The fourth-order valence-electron chi connectivity index (χ4n) is 0.158. The van der Waals surface area contributed by atoms with Crippen molar-refractivity contribution in [1.29, 1.82) is 0 Å². The van der Waals surface area contributed by atoms with Crippen LogP contribution in [0.3, 0.4) is 0 Å². The lowest BCUT2D eigenvalue weighted by Gasteiger charge is -2.14. The summed E-state index contributed by atoms with van der Waals surface area (Å²) in [6.45, 7) is 1.65. The Bertz CT molecular complexity index is 47.7. The average molecular weight is 104 g/mol. The van der Waals surface area contributed by atoms with Gasteiger partial charge in [-0.2, -0.15) is 5.32 Å². The van der Waals surface area contributed by atoms with Crippen LogP contribution in [0.4, 0.5) is 0 Å². The van der Waals surface area contributed by atoms with Crippen LogP contribution in [0, 0.1) is 0 Å². The molecule has 0 saturated carbocycles. The normalized spacial score (nSPS) is 12.0. The van der Waals surface area contributed by atoms with Gasteiger partial charge in [0, 0.05) is 13.5 Å². The Labute approximate surface area is 43.0 Å². The van der Waals surface area contributed by atoms with Crippen LogP contribution in [0.25, 0.3) is 0 Å². The molecule has 3 nitrogen and oxygen atoms in total. The SMILES string of the molecule is CCC(O)(O)[N]C. The van der Waals surface area contributed by atoms with Crippen molar-refractivity contribution in [2.24, 2.45) is 0 Å². The van der Waals surface area contributed by atoms with E-state index in [0.717, 1.165) is 0 Å². The second-order valence-corrected chi connectivity index (χ2v) is 1.35. The maximum absolute atomic E-state index is 8.52. The number of nitrogens with zero attached hydrogens (tertiary/aromatic N) is 1. The van der Waals surface area contributed by atoms with Crippen molar-refractivity contribution in [2.75, 3.05) is 7.05 Å². The van der Waals surface area contributed by atoms with E-state index in [1.165, 1.54) is 7.05 Å². The first kappa shape index (κ1) is 6.88. The van der Waals surface area contributed by atoms with Gasteiger partial charge < -0.3 is 10.2 Å². The van der Waals surface area contributed by atoms with Crippen molar-refractivity contribution in [3.05, 3.63) is 0 Å². The zero-order valence-electron chi connectivity index (χ0n) is 4.55. The molecule has 0 aromatic carbocycles. The quantitative estimate of drug-likeness (QED) is 0.454. The van der Waals surface area contributed by atoms with Crippen LogP contribution in [0.1, 0.15) is 13.3 Å². The Morgan fingerprint density at radius 2 is 2.00 bits per heavy atom. The maximum atomic E-state index is 8.52. The molecule has 0 aliphatic carbocycles. The van der Waals surface area contributed by atoms with E-state index in [4.69, 9.17) is 10.2 Å². The van der Waals surface area contributed by atoms with E-state index in [1.54, 1.807) is 6.92 Å². The van der Waals surface area contributed by atoms with Crippen molar-refractivity contribution in [3.63, 3.8) is 0 Å². The fourth-order valence-corrected chi connectivity index (χ4v) is 0.158. The molecular weight excluding hydrogens is 94.0 g/mol. The highest BCUT2D eigenvalue weighted by atomic mass is 16.5. The number of rotatable bonds is 2. The molecule has 0 aliphatic heterocycles. The van der Waals surface area contributed by atoms with Crippen LogP contribution in [-0.2, 0) is 0 Å². The van der Waals surface area contributed by atoms with Gasteiger partial charge in [0.1, 0.15) is 0 Å². The minimum Gasteiger partial charge on any atom is -0.352 e. The van der Waals surface area contributed by atoms with Gasteiger partial charge in [-0.05, 0) is 0 Å². The molecule has 0 saturated heterocycles. The lowest BCUT2D eigenvalue weighted by atomic mass is 10.4. The Hall–Kier alpha value is -0.120. The van der Waals surface area contributed by atoms with Crippen LogP contribution in [0.15, 0.2) is 0 Å². The molecule has 0 heterocycles. The van der Waals surface area contributed by atoms with Crippen molar-refractivity contribution < 1.29 is 10.2 Å². The summed E-state index contributed by atoms with van der Waals surface area (Å²) in [6.07, 6.45) is 0.240. The van der Waals surface area contributed by atoms with E-state index in [-0.39, 0.29) is 6.42 Å². The van der Waals surface area contributed by atoms with Gasteiger partial charge in [-0.15, -0.1) is 0 Å². The molecule has 0 aromatic heterocycles. The van der Waals surface area contributed by atoms with E-state index in [9.17, 15) is 0 Å². The lowest BCUT2D eigenvalue weighted by molar-refractivity contribution is -0.185. The molecule has 3 heteroatoms. The molecule has 0 rings (SSSR count). The summed E-state index contributed by atoms with van der Waals surface area (Å²) in [6, 6.07) is 0. The van der Waals surface area contributed by atoms with Crippen LogP contribution in [-0.4, -0.2) is 23.2 Å². The molecule has 0 bridgehead atoms. The first-order valence-electron chi connectivity index (χ1n) is 2.18. The van der Waals surface area contributed by atoms with Gasteiger partial charge in [0.25, 0.3) is 0 Å². The summed E-state index contributed by atoms with van der Waals surface area (Å²) in [5.41, 5.74) is 0. The third-order valence-electron chi connectivity index (χ3n) is 0.832. The highest BCUT2D eigenvalue weighted by Gasteiger charge is 2.16. The predicted molar refractivity (Wildman–Crippen MR) is 25.5 cm³/mol. The molecule has 0 aromatic rings. The van der Waals surface area contributed by atoms with Gasteiger partial charge in [0.2, 0.25) is 5.91 Å². The summed E-state index contributed by atoms with van der Waals surface area (Å²) in [5, 5.41) is 20.3. The smallest absolute Gasteiger partial charge is 0.237 e. The second-order valence-electron chi connectivity index (χ2n) is 1.35. The van der Waals surface area contributed by atoms with Gasteiger partial charge in [-0.1, -0.05) is 6.92 Å². The van der Waals surface area contributed by atoms with Crippen molar-refractivity contribution in [1.82, 2.24) is 5.32 Å². The minimum atomic E-state index is -1.79. The van der Waals surface area contributed by atoms with Gasteiger partial charge in [0.05, 0.1) is 0 Å². The number of aliphatic hydroxyl groups is 2. The van der Waals surface area contributed by atoms with Gasteiger partial charge >= 0.3 is 0 Å². The second kappa shape index (κ2) is 2.26. The molecule has 1 radical (unpaired) electrons. The van der Waals surface area contributed by atoms with Crippen LogP contribution in [0.2, 0.25) is 0 Å². The average Bonchev–Trinajstić information content (AvgIpc) is 1.68. The van der Waals surface area contributed by atoms with Crippen molar-refractivity contribution in [2.45, 2.75) is 19.3 Å². The molecule has 0 amide bonds. The van der Waals surface area contributed by atoms with E-state index >= 15 is 0 Å². The zero-order valence-corrected chi connectivity index (χ0v) is 4.55. The molecule has 43 valence electrons. The fraction of sp³-hybridized carbons (Fsp3) is 1.00.